The molecule has 11 heteroatoms. The van der Waals surface area contributed by atoms with E-state index >= 15 is 0 Å². The number of imidazole rings is 1. The number of nitrogen functional groups attached to an aromatic ring is 1. The first kappa shape index (κ1) is 28.9. The standard InChI is InChI=1S/C30H51N9O2/c1-2-3-22-41-29-33-27(31)26-28(34-29)39(30(40)32-26)25(38-20-18-37(19-21-38)24-10-7-11-24)12-4-5-13-35-14-16-36(17-15-35)23-8-6-9-23/h23-25H,2-22H2,1H3,(H,32,40)(H2,31,33,34). The molecule has 1 atom stereocenters. The maximum atomic E-state index is 13.5. The van der Waals surface area contributed by atoms with Crippen LogP contribution < -0.4 is 16.2 Å². The van der Waals surface area contributed by atoms with Crippen LogP contribution in [0, 0.1) is 0 Å². The molecule has 0 bridgehead atoms. The molecule has 0 radical (unpaired) electrons. The van der Waals surface area contributed by atoms with E-state index in [0.717, 1.165) is 76.9 Å². The number of aromatic nitrogens is 4. The maximum Gasteiger partial charge on any atom is 0.329 e. The van der Waals surface area contributed by atoms with Crippen molar-refractivity contribution < 1.29 is 4.74 Å². The van der Waals surface area contributed by atoms with E-state index in [1.165, 1.54) is 64.7 Å². The van der Waals surface area contributed by atoms with Gasteiger partial charge in [0.15, 0.2) is 11.5 Å². The van der Waals surface area contributed by atoms with Crippen molar-refractivity contribution in [1.82, 2.24) is 39.1 Å². The molecule has 2 aromatic heterocycles. The van der Waals surface area contributed by atoms with Crippen LogP contribution in [0.1, 0.15) is 83.7 Å². The summed E-state index contributed by atoms with van der Waals surface area (Å²) in [6.45, 7) is 12.6. The fraction of sp³-hybridized carbons (Fsp3) is 0.833. The molecule has 2 aliphatic heterocycles. The summed E-state index contributed by atoms with van der Waals surface area (Å²) in [7, 11) is 0. The van der Waals surface area contributed by atoms with Crippen LogP contribution in [0.4, 0.5) is 5.82 Å². The molecule has 3 N–H and O–H groups in total. The minimum atomic E-state index is -0.162. The monoisotopic (exact) mass is 569 g/mol. The van der Waals surface area contributed by atoms with Crippen LogP contribution >= 0.6 is 0 Å². The maximum absolute atomic E-state index is 13.5. The van der Waals surface area contributed by atoms with Gasteiger partial charge in [0.1, 0.15) is 5.52 Å². The van der Waals surface area contributed by atoms with Crippen LogP contribution in [-0.4, -0.2) is 117 Å². The van der Waals surface area contributed by atoms with E-state index in [1.807, 2.05) is 4.57 Å². The number of anilines is 1. The van der Waals surface area contributed by atoms with Crippen molar-refractivity contribution >= 4 is 17.0 Å². The summed E-state index contributed by atoms with van der Waals surface area (Å²) in [6.07, 6.45) is 13.2. The van der Waals surface area contributed by atoms with Crippen LogP contribution in [0.2, 0.25) is 0 Å². The Kier molecular flexibility index (Phi) is 9.44. The molecule has 41 heavy (non-hydrogen) atoms. The van der Waals surface area contributed by atoms with E-state index in [-0.39, 0.29) is 23.7 Å². The molecule has 11 nitrogen and oxygen atoms in total. The van der Waals surface area contributed by atoms with Gasteiger partial charge < -0.3 is 20.4 Å². The van der Waals surface area contributed by atoms with Gasteiger partial charge in [-0.2, -0.15) is 9.97 Å². The van der Waals surface area contributed by atoms with E-state index in [0.29, 0.717) is 17.8 Å². The summed E-state index contributed by atoms with van der Waals surface area (Å²) >= 11 is 0. The third-order valence-electron chi connectivity index (χ3n) is 10.1. The first-order valence-corrected chi connectivity index (χ1v) is 16.5. The van der Waals surface area contributed by atoms with Gasteiger partial charge in [0, 0.05) is 64.4 Å². The van der Waals surface area contributed by atoms with E-state index in [9.17, 15) is 4.79 Å². The summed E-state index contributed by atoms with van der Waals surface area (Å²) in [5.74, 6) is 0.270. The number of nitrogens with one attached hydrogen (secondary N) is 1. The topological polar surface area (TPSA) is 112 Å². The number of rotatable bonds is 13. The summed E-state index contributed by atoms with van der Waals surface area (Å²) in [4.78, 5) is 36.0. The summed E-state index contributed by atoms with van der Waals surface area (Å²) in [5, 5.41) is 0. The number of hydrogen-bond acceptors (Lipinski definition) is 9. The fourth-order valence-corrected chi connectivity index (χ4v) is 7.05. The number of H-pyrrole nitrogens is 1. The second-order valence-corrected chi connectivity index (χ2v) is 12.7. The molecule has 2 saturated carbocycles. The highest BCUT2D eigenvalue weighted by atomic mass is 16.5. The zero-order valence-corrected chi connectivity index (χ0v) is 25.1. The predicted molar refractivity (Wildman–Crippen MR) is 162 cm³/mol. The van der Waals surface area contributed by atoms with E-state index in [4.69, 9.17) is 15.5 Å². The molecule has 0 aromatic carbocycles. The summed E-state index contributed by atoms with van der Waals surface area (Å²) in [5.41, 5.74) is 7.21. The van der Waals surface area contributed by atoms with Crippen LogP contribution in [0.15, 0.2) is 4.79 Å². The van der Waals surface area contributed by atoms with Crippen LogP contribution in [0.3, 0.4) is 0 Å². The molecule has 4 aliphatic rings. The Morgan fingerprint density at radius 2 is 1.56 bits per heavy atom. The Morgan fingerprint density at radius 1 is 0.902 bits per heavy atom. The zero-order valence-electron chi connectivity index (χ0n) is 25.1. The van der Waals surface area contributed by atoms with E-state index in [1.54, 1.807) is 0 Å². The molecular formula is C30H51N9O2. The average Bonchev–Trinajstić information content (AvgIpc) is 3.25. The van der Waals surface area contributed by atoms with Crippen molar-refractivity contribution in [1.29, 1.82) is 0 Å². The lowest BCUT2D eigenvalue weighted by Crippen LogP contribution is -2.54. The molecule has 4 fully saturated rings. The minimum Gasteiger partial charge on any atom is -0.463 e. The van der Waals surface area contributed by atoms with Crippen LogP contribution in [-0.2, 0) is 0 Å². The van der Waals surface area contributed by atoms with Crippen LogP contribution in [0.5, 0.6) is 6.01 Å². The number of fused-ring (bicyclic) bond motifs is 1. The van der Waals surface area contributed by atoms with Gasteiger partial charge in [0.25, 0.3) is 0 Å². The van der Waals surface area contributed by atoms with Crippen molar-refractivity contribution in [2.24, 2.45) is 0 Å². The molecule has 4 heterocycles. The number of nitrogens with two attached hydrogens (primary N) is 1. The molecule has 1 unspecified atom stereocenters. The van der Waals surface area contributed by atoms with Gasteiger partial charge >= 0.3 is 11.7 Å². The first-order chi connectivity index (χ1) is 20.1. The lowest BCUT2D eigenvalue weighted by Gasteiger charge is -2.45. The minimum absolute atomic E-state index is 0.0620. The Morgan fingerprint density at radius 3 is 2.17 bits per heavy atom. The highest BCUT2D eigenvalue weighted by molar-refractivity contribution is 5.82. The predicted octanol–water partition coefficient (Wildman–Crippen LogP) is 2.89. The lowest BCUT2D eigenvalue weighted by atomic mass is 9.91. The van der Waals surface area contributed by atoms with Crippen molar-refractivity contribution in [2.75, 3.05) is 71.2 Å². The van der Waals surface area contributed by atoms with Gasteiger partial charge in [-0.15, -0.1) is 0 Å². The number of hydrogen-bond donors (Lipinski definition) is 2. The molecule has 228 valence electrons. The van der Waals surface area contributed by atoms with Crippen molar-refractivity contribution in [2.45, 2.75) is 95.8 Å². The molecule has 6 rings (SSSR count). The van der Waals surface area contributed by atoms with E-state index in [2.05, 4.69) is 36.5 Å². The van der Waals surface area contributed by atoms with Gasteiger partial charge in [-0.3, -0.25) is 19.3 Å². The van der Waals surface area contributed by atoms with Gasteiger partial charge in [0.05, 0.1) is 12.8 Å². The smallest absolute Gasteiger partial charge is 0.329 e. The van der Waals surface area contributed by atoms with Gasteiger partial charge in [-0.05, 0) is 57.9 Å². The van der Waals surface area contributed by atoms with Crippen molar-refractivity contribution in [3.05, 3.63) is 10.5 Å². The third-order valence-corrected chi connectivity index (χ3v) is 10.1. The van der Waals surface area contributed by atoms with Gasteiger partial charge in [0.2, 0.25) is 0 Å². The molecular weight excluding hydrogens is 518 g/mol. The van der Waals surface area contributed by atoms with Gasteiger partial charge in [-0.25, -0.2) is 4.79 Å². The number of ether oxygens (including phenoxy) is 1. The highest BCUT2D eigenvalue weighted by Gasteiger charge is 2.33. The number of piperazine rings is 2. The number of nitrogens with zero attached hydrogens (tertiary/aromatic N) is 7. The molecule has 2 aromatic rings. The van der Waals surface area contributed by atoms with Crippen molar-refractivity contribution in [3.63, 3.8) is 0 Å². The van der Waals surface area contributed by atoms with Crippen molar-refractivity contribution in [3.8, 4) is 6.01 Å². The lowest BCUT2D eigenvalue weighted by molar-refractivity contribution is 0.0206. The average molecular weight is 570 g/mol. The quantitative estimate of drug-likeness (QED) is 0.352. The second kappa shape index (κ2) is 13.4. The molecule has 0 amide bonds. The highest BCUT2D eigenvalue weighted by Crippen LogP contribution is 2.30. The largest absolute Gasteiger partial charge is 0.463 e. The summed E-state index contributed by atoms with van der Waals surface area (Å²) < 4.78 is 7.67. The molecule has 2 aliphatic carbocycles. The Labute approximate surface area is 244 Å². The Hall–Kier alpha value is -2.21. The normalized spacial score (nSPS) is 23.0. The van der Waals surface area contributed by atoms with Gasteiger partial charge in [-0.1, -0.05) is 26.2 Å². The number of aromatic amines is 1. The first-order valence-electron chi connectivity index (χ1n) is 16.5. The fourth-order valence-electron chi connectivity index (χ4n) is 7.05. The SMILES string of the molecule is CCCCOc1nc(N)c2[nH]c(=O)n(C(CCCCN3CCN(C4CCC4)CC3)N3CCN(C4CCC4)CC3)c2n1. The second-order valence-electron chi connectivity index (χ2n) is 12.7. The molecule has 2 saturated heterocycles. The zero-order chi connectivity index (χ0) is 28.2. The molecule has 0 spiro atoms. The Balaban J connectivity index is 1.14. The number of unbranched alkanes of at least 4 members (excludes halogenated alkanes) is 2. The van der Waals surface area contributed by atoms with Crippen LogP contribution in [0.25, 0.3) is 11.2 Å². The third kappa shape index (κ3) is 6.58. The Bertz CT molecular complexity index is 1170. The summed E-state index contributed by atoms with van der Waals surface area (Å²) in [6, 6.07) is 1.87. The van der Waals surface area contributed by atoms with E-state index < -0.39 is 0 Å².